The molecule has 3 nitrogen and oxygen atoms in total. The van der Waals surface area contributed by atoms with Crippen molar-refractivity contribution in [3.63, 3.8) is 0 Å². The first kappa shape index (κ1) is 7.43. The molecule has 0 radical (unpaired) electrons. The Morgan fingerprint density at radius 2 is 2.33 bits per heavy atom. The summed E-state index contributed by atoms with van der Waals surface area (Å²) in [4.78, 5) is 3.94. The van der Waals surface area contributed by atoms with Gasteiger partial charge < -0.3 is 9.15 Å². The highest BCUT2D eigenvalue weighted by atomic mass is 35.5. The molecule has 1 heterocycles. The van der Waals surface area contributed by atoms with Gasteiger partial charge in [0.25, 0.3) is 5.35 Å². The lowest BCUT2D eigenvalue weighted by Gasteiger charge is -1.96. The Labute approximate surface area is 73.9 Å². The molecule has 1 aromatic carbocycles. The van der Waals surface area contributed by atoms with Gasteiger partial charge in [-0.1, -0.05) is 6.07 Å². The highest BCUT2D eigenvalue weighted by Crippen LogP contribution is 2.27. The van der Waals surface area contributed by atoms with Crippen molar-refractivity contribution in [2.75, 3.05) is 7.11 Å². The number of hydrogen-bond donors (Lipinski definition) is 0. The van der Waals surface area contributed by atoms with Gasteiger partial charge in [0, 0.05) is 0 Å². The number of fused-ring (bicyclic) bond motifs is 1. The van der Waals surface area contributed by atoms with Crippen LogP contribution in [0.1, 0.15) is 0 Å². The summed E-state index contributed by atoms with van der Waals surface area (Å²) in [7, 11) is 1.57. The van der Waals surface area contributed by atoms with Crippen molar-refractivity contribution >= 4 is 22.7 Å². The topological polar surface area (TPSA) is 35.3 Å². The number of hydrogen-bond acceptors (Lipinski definition) is 3. The maximum Gasteiger partial charge on any atom is 0.293 e. The Morgan fingerprint density at radius 3 is 3.08 bits per heavy atom. The fourth-order valence-electron chi connectivity index (χ4n) is 1.06. The summed E-state index contributed by atoms with van der Waals surface area (Å²) in [6.45, 7) is 0. The van der Waals surface area contributed by atoms with Crippen molar-refractivity contribution in [3.8, 4) is 5.75 Å². The summed E-state index contributed by atoms with van der Waals surface area (Å²) in [5.74, 6) is 0.645. The van der Waals surface area contributed by atoms with Crippen LogP contribution in [-0.4, -0.2) is 12.1 Å². The van der Waals surface area contributed by atoms with Crippen LogP contribution in [0.15, 0.2) is 22.6 Å². The molecule has 0 N–H and O–H groups in total. The first-order chi connectivity index (χ1) is 5.81. The van der Waals surface area contributed by atoms with E-state index in [0.29, 0.717) is 16.8 Å². The zero-order valence-corrected chi connectivity index (χ0v) is 7.13. The second-order valence-corrected chi connectivity index (χ2v) is 2.60. The molecule has 0 spiro atoms. The molecule has 0 aliphatic heterocycles. The maximum atomic E-state index is 5.58. The molecule has 62 valence electrons. The Hall–Kier alpha value is -1.22. The van der Waals surface area contributed by atoms with Gasteiger partial charge in [-0.25, -0.2) is 0 Å². The first-order valence-electron chi connectivity index (χ1n) is 3.40. The van der Waals surface area contributed by atoms with Crippen LogP contribution in [0.2, 0.25) is 5.35 Å². The van der Waals surface area contributed by atoms with E-state index in [1.165, 1.54) is 0 Å². The summed E-state index contributed by atoms with van der Waals surface area (Å²) in [5.41, 5.74) is 1.30. The zero-order valence-electron chi connectivity index (χ0n) is 6.37. The van der Waals surface area contributed by atoms with E-state index in [9.17, 15) is 0 Å². The van der Waals surface area contributed by atoms with Crippen molar-refractivity contribution in [2.45, 2.75) is 0 Å². The van der Waals surface area contributed by atoms with Crippen LogP contribution >= 0.6 is 11.6 Å². The third kappa shape index (κ3) is 1.02. The summed E-state index contributed by atoms with van der Waals surface area (Å²) < 4.78 is 10.2. The second kappa shape index (κ2) is 2.68. The molecule has 0 amide bonds. The molecule has 0 saturated heterocycles. The van der Waals surface area contributed by atoms with Crippen LogP contribution < -0.4 is 4.74 Å². The number of benzene rings is 1. The number of halogens is 1. The smallest absolute Gasteiger partial charge is 0.293 e. The van der Waals surface area contributed by atoms with Gasteiger partial charge in [0.1, 0.15) is 5.52 Å². The van der Waals surface area contributed by atoms with Crippen molar-refractivity contribution in [1.82, 2.24) is 4.98 Å². The quantitative estimate of drug-likeness (QED) is 0.682. The van der Waals surface area contributed by atoms with E-state index in [1.54, 1.807) is 13.2 Å². The van der Waals surface area contributed by atoms with E-state index >= 15 is 0 Å². The van der Waals surface area contributed by atoms with Crippen LogP contribution in [0, 0.1) is 0 Å². The SMILES string of the molecule is COc1cccc2nc(Cl)oc12. The molecular weight excluding hydrogens is 178 g/mol. The number of oxazole rings is 1. The van der Waals surface area contributed by atoms with E-state index in [4.69, 9.17) is 20.8 Å². The minimum absolute atomic E-state index is 0.134. The zero-order chi connectivity index (χ0) is 8.55. The number of para-hydroxylation sites is 1. The Bertz CT molecular complexity index is 410. The molecule has 0 aliphatic rings. The van der Waals surface area contributed by atoms with Crippen LogP contribution in [0.5, 0.6) is 5.75 Å². The summed E-state index contributed by atoms with van der Waals surface area (Å²) in [5, 5.41) is 0.134. The van der Waals surface area contributed by atoms with Crippen LogP contribution in [0.25, 0.3) is 11.1 Å². The Balaban J connectivity index is 2.78. The van der Waals surface area contributed by atoms with E-state index in [0.717, 1.165) is 0 Å². The van der Waals surface area contributed by atoms with E-state index in [1.807, 2.05) is 12.1 Å². The molecule has 2 rings (SSSR count). The Kier molecular flexibility index (Phi) is 1.66. The lowest BCUT2D eigenvalue weighted by molar-refractivity contribution is 0.410. The highest BCUT2D eigenvalue weighted by Gasteiger charge is 2.07. The van der Waals surface area contributed by atoms with E-state index in [2.05, 4.69) is 4.98 Å². The molecule has 0 unspecified atom stereocenters. The molecule has 0 saturated carbocycles. The molecule has 0 aliphatic carbocycles. The maximum absolute atomic E-state index is 5.58. The van der Waals surface area contributed by atoms with Crippen molar-refractivity contribution in [1.29, 1.82) is 0 Å². The molecule has 0 atom stereocenters. The van der Waals surface area contributed by atoms with Crippen LogP contribution in [-0.2, 0) is 0 Å². The van der Waals surface area contributed by atoms with Crippen molar-refractivity contribution in [3.05, 3.63) is 23.5 Å². The standard InChI is InChI=1S/C8H6ClNO2/c1-11-6-4-2-3-5-7(6)12-8(9)10-5/h2-4H,1H3. The number of aromatic nitrogens is 1. The molecule has 12 heavy (non-hydrogen) atoms. The lowest BCUT2D eigenvalue weighted by Crippen LogP contribution is -1.81. The molecule has 4 heteroatoms. The normalized spacial score (nSPS) is 10.5. The van der Waals surface area contributed by atoms with Gasteiger partial charge in [-0.2, -0.15) is 4.98 Å². The summed E-state index contributed by atoms with van der Waals surface area (Å²) in [6, 6.07) is 5.44. The molecular formula is C8H6ClNO2. The Morgan fingerprint density at radius 1 is 1.50 bits per heavy atom. The summed E-state index contributed by atoms with van der Waals surface area (Å²) in [6.07, 6.45) is 0. The third-order valence-electron chi connectivity index (χ3n) is 1.57. The largest absolute Gasteiger partial charge is 0.493 e. The van der Waals surface area contributed by atoms with Gasteiger partial charge in [0.05, 0.1) is 7.11 Å². The second-order valence-electron chi connectivity index (χ2n) is 2.28. The van der Waals surface area contributed by atoms with Gasteiger partial charge in [0.15, 0.2) is 11.3 Å². The van der Waals surface area contributed by atoms with Crippen molar-refractivity contribution in [2.24, 2.45) is 0 Å². The number of rotatable bonds is 1. The van der Waals surface area contributed by atoms with Gasteiger partial charge in [-0.15, -0.1) is 0 Å². The average Bonchev–Trinajstić information content (AvgIpc) is 2.44. The van der Waals surface area contributed by atoms with E-state index in [-0.39, 0.29) is 5.35 Å². The fourth-order valence-corrected chi connectivity index (χ4v) is 1.23. The van der Waals surface area contributed by atoms with Crippen molar-refractivity contribution < 1.29 is 9.15 Å². The number of nitrogens with zero attached hydrogens (tertiary/aromatic N) is 1. The van der Waals surface area contributed by atoms with Gasteiger partial charge in [-0.05, 0) is 23.7 Å². The molecule has 0 bridgehead atoms. The van der Waals surface area contributed by atoms with Gasteiger partial charge in [0.2, 0.25) is 0 Å². The summed E-state index contributed by atoms with van der Waals surface area (Å²) >= 11 is 5.58. The average molecular weight is 184 g/mol. The highest BCUT2D eigenvalue weighted by molar-refractivity contribution is 6.28. The van der Waals surface area contributed by atoms with E-state index < -0.39 is 0 Å². The lowest BCUT2D eigenvalue weighted by atomic mass is 10.3. The number of methoxy groups -OCH3 is 1. The molecule has 1 aromatic heterocycles. The monoisotopic (exact) mass is 183 g/mol. The van der Waals surface area contributed by atoms with Crippen LogP contribution in [0.3, 0.4) is 0 Å². The van der Waals surface area contributed by atoms with Gasteiger partial charge in [-0.3, -0.25) is 0 Å². The molecule has 2 aromatic rings. The predicted molar refractivity (Wildman–Crippen MR) is 45.6 cm³/mol. The third-order valence-corrected chi connectivity index (χ3v) is 1.73. The molecule has 0 fully saturated rings. The fraction of sp³-hybridized carbons (Fsp3) is 0.125. The minimum atomic E-state index is 0.134. The predicted octanol–water partition coefficient (Wildman–Crippen LogP) is 2.49. The minimum Gasteiger partial charge on any atom is -0.493 e. The number of ether oxygens (including phenoxy) is 1. The van der Waals surface area contributed by atoms with Crippen LogP contribution in [0.4, 0.5) is 0 Å². The van der Waals surface area contributed by atoms with Gasteiger partial charge >= 0.3 is 0 Å². The first-order valence-corrected chi connectivity index (χ1v) is 3.78.